The highest BCUT2D eigenvalue weighted by Crippen LogP contribution is 2.30. The fourth-order valence-electron chi connectivity index (χ4n) is 2.95. The molecule has 0 bridgehead atoms. The smallest absolute Gasteiger partial charge is 0.331 e. The van der Waals surface area contributed by atoms with Crippen molar-refractivity contribution in [2.75, 3.05) is 13.1 Å². The maximum Gasteiger partial charge on any atom is 0.331 e. The molecule has 2 N–H and O–H groups in total. The lowest BCUT2D eigenvalue weighted by Gasteiger charge is -2.35. The molecule has 0 aromatic heterocycles. The van der Waals surface area contributed by atoms with E-state index in [0.29, 0.717) is 31.5 Å². The van der Waals surface area contributed by atoms with Crippen LogP contribution in [0, 0.1) is 5.41 Å². The largest absolute Gasteiger partial charge is 0.479 e. The van der Waals surface area contributed by atoms with E-state index in [1.54, 1.807) is 12.1 Å². The van der Waals surface area contributed by atoms with Crippen LogP contribution in [0.15, 0.2) is 24.3 Å². The zero-order chi connectivity index (χ0) is 18.6. The fraction of sp³-hybridized carbons (Fsp3) is 0.526. The number of rotatable bonds is 5. The molecule has 1 aromatic carbocycles. The van der Waals surface area contributed by atoms with Crippen molar-refractivity contribution < 1.29 is 19.5 Å². The van der Waals surface area contributed by atoms with Crippen LogP contribution in [0.3, 0.4) is 0 Å². The van der Waals surface area contributed by atoms with Crippen molar-refractivity contribution in [3.8, 4) is 0 Å². The van der Waals surface area contributed by atoms with Crippen LogP contribution in [0.4, 0.5) is 0 Å². The van der Waals surface area contributed by atoms with Gasteiger partial charge in [-0.1, -0.05) is 45.0 Å². The van der Waals surface area contributed by atoms with Gasteiger partial charge in [0.2, 0.25) is 11.8 Å². The summed E-state index contributed by atoms with van der Waals surface area (Å²) in [4.78, 5) is 37.5. The number of carboxylic acids is 1. The van der Waals surface area contributed by atoms with E-state index >= 15 is 0 Å². The maximum atomic E-state index is 12.5. The number of aliphatic carboxylic acids is 1. The molecule has 1 aromatic rings. The number of hydrogen-bond acceptors (Lipinski definition) is 3. The molecule has 0 aliphatic carbocycles. The summed E-state index contributed by atoms with van der Waals surface area (Å²) in [6.45, 7) is 6.30. The van der Waals surface area contributed by atoms with Gasteiger partial charge < -0.3 is 15.3 Å². The monoisotopic (exact) mass is 346 g/mol. The third kappa shape index (κ3) is 4.59. The van der Waals surface area contributed by atoms with Gasteiger partial charge in [-0.15, -0.1) is 0 Å². The van der Waals surface area contributed by atoms with Gasteiger partial charge in [-0.3, -0.25) is 9.59 Å². The first kappa shape index (κ1) is 19.0. The van der Waals surface area contributed by atoms with Crippen LogP contribution < -0.4 is 5.32 Å². The van der Waals surface area contributed by atoms with Gasteiger partial charge in [0.1, 0.15) is 0 Å². The first-order chi connectivity index (χ1) is 11.7. The van der Waals surface area contributed by atoms with Gasteiger partial charge >= 0.3 is 5.97 Å². The Kier molecular flexibility index (Phi) is 5.82. The molecule has 6 nitrogen and oxygen atoms in total. The third-order valence-corrected chi connectivity index (χ3v) is 4.37. The van der Waals surface area contributed by atoms with Crippen molar-refractivity contribution in [1.82, 2.24) is 10.2 Å². The minimum Gasteiger partial charge on any atom is -0.479 e. The number of carboxylic acid groups (broad SMARTS) is 1. The molecule has 2 amide bonds. The number of nitrogens with one attached hydrogen (secondary N) is 1. The molecule has 0 fully saturated rings. The first-order valence-corrected chi connectivity index (χ1v) is 8.60. The van der Waals surface area contributed by atoms with Gasteiger partial charge in [-0.2, -0.15) is 0 Å². The van der Waals surface area contributed by atoms with Gasteiger partial charge in [0.25, 0.3) is 0 Å². The highest BCUT2D eigenvalue weighted by molar-refractivity contribution is 5.85. The van der Waals surface area contributed by atoms with Crippen LogP contribution in [0.25, 0.3) is 0 Å². The molecule has 0 saturated heterocycles. The molecule has 1 atom stereocenters. The number of carbonyl (C=O) groups is 3. The normalized spacial score (nSPS) is 16.9. The Balaban J connectivity index is 1.95. The number of amides is 2. The third-order valence-electron chi connectivity index (χ3n) is 4.37. The Morgan fingerprint density at radius 2 is 1.92 bits per heavy atom. The van der Waals surface area contributed by atoms with E-state index in [0.717, 1.165) is 5.56 Å². The molecule has 1 unspecified atom stereocenters. The van der Waals surface area contributed by atoms with Crippen LogP contribution in [0.2, 0.25) is 0 Å². The lowest BCUT2D eigenvalue weighted by Crippen LogP contribution is -2.43. The van der Waals surface area contributed by atoms with Crippen molar-refractivity contribution in [1.29, 1.82) is 0 Å². The Hall–Kier alpha value is -2.37. The lowest BCUT2D eigenvalue weighted by atomic mass is 9.92. The van der Waals surface area contributed by atoms with Gasteiger partial charge in [0.15, 0.2) is 6.04 Å². The SMILES string of the molecule is CC(C)(C)C(=O)NCCCC(=O)N1CCc2ccccc2C1C(=O)O. The highest BCUT2D eigenvalue weighted by Gasteiger charge is 2.35. The van der Waals surface area contributed by atoms with Crippen LogP contribution in [-0.2, 0) is 20.8 Å². The van der Waals surface area contributed by atoms with Crippen molar-refractivity contribution in [2.45, 2.75) is 46.1 Å². The average Bonchev–Trinajstić information content (AvgIpc) is 2.56. The molecule has 0 radical (unpaired) electrons. The number of benzene rings is 1. The second-order valence-electron chi connectivity index (χ2n) is 7.39. The van der Waals surface area contributed by atoms with Gasteiger partial charge in [0, 0.05) is 24.9 Å². The van der Waals surface area contributed by atoms with E-state index in [9.17, 15) is 19.5 Å². The Labute approximate surface area is 148 Å². The van der Waals surface area contributed by atoms with Crippen LogP contribution in [0.1, 0.15) is 50.8 Å². The molecule has 2 rings (SSSR count). The molecule has 136 valence electrons. The summed E-state index contributed by atoms with van der Waals surface area (Å²) in [5.74, 6) is -1.26. The number of nitrogens with zero attached hydrogens (tertiary/aromatic N) is 1. The molecule has 0 saturated carbocycles. The van der Waals surface area contributed by atoms with Crippen LogP contribution in [0.5, 0.6) is 0 Å². The summed E-state index contributed by atoms with van der Waals surface area (Å²) in [7, 11) is 0. The summed E-state index contributed by atoms with van der Waals surface area (Å²) in [6.07, 6.45) is 1.37. The number of fused-ring (bicyclic) bond motifs is 1. The van der Waals surface area contributed by atoms with E-state index in [-0.39, 0.29) is 18.2 Å². The second kappa shape index (κ2) is 7.68. The molecule has 1 aliphatic rings. The van der Waals surface area contributed by atoms with E-state index in [1.807, 2.05) is 32.9 Å². The van der Waals surface area contributed by atoms with Gasteiger partial charge in [-0.25, -0.2) is 4.79 Å². The Morgan fingerprint density at radius 3 is 2.56 bits per heavy atom. The van der Waals surface area contributed by atoms with Crippen LogP contribution in [-0.4, -0.2) is 40.9 Å². The Bertz CT molecular complexity index is 664. The van der Waals surface area contributed by atoms with E-state index in [4.69, 9.17) is 0 Å². The summed E-state index contributed by atoms with van der Waals surface area (Å²) >= 11 is 0. The minimum atomic E-state index is -1.01. The van der Waals surface area contributed by atoms with E-state index in [2.05, 4.69) is 5.32 Å². The first-order valence-electron chi connectivity index (χ1n) is 8.60. The summed E-state index contributed by atoms with van der Waals surface area (Å²) in [5.41, 5.74) is 1.21. The molecular formula is C19H26N2O4. The van der Waals surface area contributed by atoms with Gasteiger partial charge in [-0.05, 0) is 24.0 Å². The number of carbonyl (C=O) groups excluding carboxylic acids is 2. The highest BCUT2D eigenvalue weighted by atomic mass is 16.4. The van der Waals surface area contributed by atoms with Crippen molar-refractivity contribution >= 4 is 17.8 Å². The molecule has 0 spiro atoms. The molecule has 1 heterocycles. The Morgan fingerprint density at radius 1 is 1.24 bits per heavy atom. The molecular weight excluding hydrogens is 320 g/mol. The number of hydrogen-bond donors (Lipinski definition) is 2. The quantitative estimate of drug-likeness (QED) is 0.800. The predicted octanol–water partition coefficient (Wildman–Crippen LogP) is 2.14. The summed E-state index contributed by atoms with van der Waals surface area (Å²) < 4.78 is 0. The predicted molar refractivity (Wildman–Crippen MR) is 93.9 cm³/mol. The zero-order valence-electron chi connectivity index (χ0n) is 15.0. The summed E-state index contributed by atoms with van der Waals surface area (Å²) in [6, 6.07) is 6.44. The topological polar surface area (TPSA) is 86.7 Å². The fourth-order valence-corrected chi connectivity index (χ4v) is 2.95. The lowest BCUT2D eigenvalue weighted by molar-refractivity contribution is -0.151. The van der Waals surface area contributed by atoms with Crippen molar-refractivity contribution in [2.24, 2.45) is 5.41 Å². The van der Waals surface area contributed by atoms with E-state index < -0.39 is 17.4 Å². The molecule has 25 heavy (non-hydrogen) atoms. The van der Waals surface area contributed by atoms with Crippen molar-refractivity contribution in [3.05, 3.63) is 35.4 Å². The molecule has 6 heteroatoms. The zero-order valence-corrected chi connectivity index (χ0v) is 15.0. The van der Waals surface area contributed by atoms with Crippen molar-refractivity contribution in [3.63, 3.8) is 0 Å². The minimum absolute atomic E-state index is 0.0599. The van der Waals surface area contributed by atoms with Gasteiger partial charge in [0.05, 0.1) is 0 Å². The maximum absolute atomic E-state index is 12.5. The van der Waals surface area contributed by atoms with E-state index in [1.165, 1.54) is 4.90 Å². The average molecular weight is 346 g/mol. The van der Waals surface area contributed by atoms with Crippen LogP contribution >= 0.6 is 0 Å². The molecule has 1 aliphatic heterocycles. The summed E-state index contributed by atoms with van der Waals surface area (Å²) in [5, 5.41) is 12.4. The second-order valence-corrected chi connectivity index (χ2v) is 7.39. The standard InChI is InChI=1S/C19H26N2O4/c1-19(2,3)18(25)20-11-6-9-15(22)21-12-10-13-7-4-5-8-14(13)16(21)17(23)24/h4-5,7-8,16H,6,9-12H2,1-3H3,(H,20,25)(H,23,24).